The van der Waals surface area contributed by atoms with Crippen LogP contribution in [0.2, 0.25) is 0 Å². The molecule has 2 N–H and O–H groups in total. The van der Waals surface area contributed by atoms with Crippen LogP contribution in [0.25, 0.3) is 0 Å². The third-order valence-corrected chi connectivity index (χ3v) is 1.60. The Morgan fingerprint density at radius 1 is 1.56 bits per heavy atom. The average Bonchev–Trinajstić information content (AvgIpc) is 2.15. The number of carbonyl (C=O) groups is 1. The van der Waals surface area contributed by atoms with Crippen LogP contribution in [-0.4, -0.2) is 23.3 Å². The van der Waals surface area contributed by atoms with Crippen molar-refractivity contribution in [3.05, 3.63) is 17.8 Å². The van der Waals surface area contributed by atoms with Crippen LogP contribution < -0.4 is 10.1 Å². The molecule has 0 unspecified atom stereocenters. The maximum atomic E-state index is 12.5. The summed E-state index contributed by atoms with van der Waals surface area (Å²) in [5.74, 6) is -0.608. The molecule has 1 aromatic heterocycles. The molecule has 0 saturated heterocycles. The van der Waals surface area contributed by atoms with Crippen LogP contribution in [0.1, 0.15) is 5.56 Å². The molecule has 0 fully saturated rings. The van der Waals surface area contributed by atoms with E-state index in [0.717, 1.165) is 13.3 Å². The van der Waals surface area contributed by atoms with E-state index in [4.69, 9.17) is 5.11 Å². The van der Waals surface area contributed by atoms with Crippen molar-refractivity contribution in [2.45, 2.75) is 6.18 Å². The highest BCUT2D eigenvalue weighted by molar-refractivity contribution is 5.82. The quantitative estimate of drug-likeness (QED) is 0.825. The number of nitrogens with zero attached hydrogens (tertiary/aromatic N) is 1. The second kappa shape index (κ2) is 4.25. The van der Waals surface area contributed by atoms with E-state index in [-0.39, 0.29) is 5.69 Å². The number of ether oxygens (including phenoxy) is 1. The summed E-state index contributed by atoms with van der Waals surface area (Å²) in [7, 11) is 1.04. The van der Waals surface area contributed by atoms with Gasteiger partial charge in [0.25, 0.3) is 0 Å². The summed E-state index contributed by atoms with van der Waals surface area (Å²) in [6.45, 7) is 0. The van der Waals surface area contributed by atoms with E-state index in [0.29, 0.717) is 6.07 Å². The molecular formula is C8H7F3N2O3. The Kier molecular flexibility index (Phi) is 3.21. The van der Waals surface area contributed by atoms with E-state index in [1.807, 2.05) is 0 Å². The topological polar surface area (TPSA) is 71.5 Å². The number of hydrogen-bond donors (Lipinski definition) is 2. The first-order valence-electron chi connectivity index (χ1n) is 3.95. The van der Waals surface area contributed by atoms with Gasteiger partial charge in [-0.15, -0.1) is 0 Å². The van der Waals surface area contributed by atoms with Crippen LogP contribution in [0.15, 0.2) is 12.3 Å². The van der Waals surface area contributed by atoms with Gasteiger partial charge in [-0.05, 0) is 6.07 Å². The Bertz CT molecular complexity index is 406. The molecule has 0 saturated carbocycles. The van der Waals surface area contributed by atoms with Crippen LogP contribution in [0.3, 0.4) is 0 Å². The predicted octanol–water partition coefficient (Wildman–Crippen LogP) is 2.20. The van der Waals surface area contributed by atoms with Gasteiger partial charge in [0.1, 0.15) is 5.56 Å². The number of alkyl halides is 3. The van der Waals surface area contributed by atoms with Crippen molar-refractivity contribution in [1.29, 1.82) is 0 Å². The second-order valence-electron chi connectivity index (χ2n) is 2.71. The van der Waals surface area contributed by atoms with Crippen LogP contribution in [0, 0.1) is 0 Å². The number of hydrogen-bond acceptors (Lipinski definition) is 3. The number of aromatic nitrogens is 1. The maximum Gasteiger partial charge on any atom is 0.421 e. The van der Waals surface area contributed by atoms with Crippen molar-refractivity contribution in [3.63, 3.8) is 0 Å². The van der Waals surface area contributed by atoms with Crippen molar-refractivity contribution in [2.75, 3.05) is 12.4 Å². The van der Waals surface area contributed by atoms with Gasteiger partial charge in [0.05, 0.1) is 19.0 Å². The first kappa shape index (κ1) is 12.1. The van der Waals surface area contributed by atoms with Crippen molar-refractivity contribution >= 4 is 11.8 Å². The minimum absolute atomic E-state index is 0.277. The molecule has 88 valence electrons. The lowest BCUT2D eigenvalue weighted by Gasteiger charge is -2.11. The maximum absolute atomic E-state index is 12.5. The number of nitrogens with one attached hydrogen (secondary N) is 1. The van der Waals surface area contributed by atoms with Crippen LogP contribution >= 0.6 is 0 Å². The first-order valence-corrected chi connectivity index (χ1v) is 3.95. The zero-order valence-electron chi connectivity index (χ0n) is 8.00. The van der Waals surface area contributed by atoms with Gasteiger partial charge in [0.15, 0.2) is 0 Å². The number of halogens is 3. The fourth-order valence-corrected chi connectivity index (χ4v) is 1.01. The zero-order chi connectivity index (χ0) is 12.3. The van der Waals surface area contributed by atoms with Crippen molar-refractivity contribution in [1.82, 2.24) is 4.98 Å². The van der Waals surface area contributed by atoms with E-state index in [2.05, 4.69) is 9.72 Å². The van der Waals surface area contributed by atoms with Crippen molar-refractivity contribution < 1.29 is 27.8 Å². The monoisotopic (exact) mass is 236 g/mol. The molecule has 0 aliphatic carbocycles. The molecular weight excluding hydrogens is 229 g/mol. The summed E-state index contributed by atoms with van der Waals surface area (Å²) in [5, 5.41) is 10.1. The van der Waals surface area contributed by atoms with E-state index >= 15 is 0 Å². The van der Waals surface area contributed by atoms with Gasteiger partial charge < -0.3 is 9.84 Å². The highest BCUT2D eigenvalue weighted by Crippen LogP contribution is 2.36. The minimum Gasteiger partial charge on any atom is -0.481 e. The number of carboxylic acid groups (broad SMARTS) is 1. The third kappa shape index (κ3) is 2.75. The van der Waals surface area contributed by atoms with Gasteiger partial charge >= 0.3 is 12.3 Å². The van der Waals surface area contributed by atoms with Gasteiger partial charge in [-0.25, -0.2) is 9.78 Å². The molecule has 0 radical (unpaired) electrons. The first-order chi connectivity index (χ1) is 7.34. The smallest absolute Gasteiger partial charge is 0.421 e. The zero-order valence-corrected chi connectivity index (χ0v) is 8.00. The Morgan fingerprint density at radius 2 is 2.19 bits per heavy atom. The molecule has 0 atom stereocenters. The van der Waals surface area contributed by atoms with Gasteiger partial charge in [0.2, 0.25) is 5.88 Å². The molecule has 0 aliphatic heterocycles. The normalized spacial score (nSPS) is 11.0. The molecule has 1 aromatic rings. The van der Waals surface area contributed by atoms with Gasteiger partial charge in [-0.3, -0.25) is 5.32 Å². The van der Waals surface area contributed by atoms with Crippen LogP contribution in [-0.2, 0) is 6.18 Å². The summed E-state index contributed by atoms with van der Waals surface area (Å²) in [6, 6.07) is 0.611. The Labute approximate surface area is 87.9 Å². The lowest BCUT2D eigenvalue weighted by atomic mass is 10.2. The Balaban J connectivity index is 3.16. The summed E-state index contributed by atoms with van der Waals surface area (Å²) in [5.41, 5.74) is -1.41. The summed E-state index contributed by atoms with van der Waals surface area (Å²) >= 11 is 0. The fraction of sp³-hybridized carbons (Fsp3) is 0.250. The number of methoxy groups -OCH3 is 1. The largest absolute Gasteiger partial charge is 0.481 e. The van der Waals surface area contributed by atoms with Crippen molar-refractivity contribution in [3.8, 4) is 5.88 Å². The molecule has 0 bridgehead atoms. The van der Waals surface area contributed by atoms with Gasteiger partial charge in [-0.2, -0.15) is 13.2 Å². The molecule has 1 amide bonds. The molecule has 0 spiro atoms. The Morgan fingerprint density at radius 3 is 2.62 bits per heavy atom. The third-order valence-electron chi connectivity index (χ3n) is 1.60. The lowest BCUT2D eigenvalue weighted by molar-refractivity contribution is -0.139. The second-order valence-corrected chi connectivity index (χ2v) is 2.71. The number of rotatable bonds is 2. The van der Waals surface area contributed by atoms with Gasteiger partial charge in [-0.1, -0.05) is 0 Å². The number of amides is 1. The van der Waals surface area contributed by atoms with Crippen LogP contribution in [0.4, 0.5) is 23.7 Å². The summed E-state index contributed by atoms with van der Waals surface area (Å²) < 4.78 is 41.8. The summed E-state index contributed by atoms with van der Waals surface area (Å²) in [6.07, 6.45) is -5.20. The molecule has 0 aromatic carbocycles. The van der Waals surface area contributed by atoms with Crippen LogP contribution in [0.5, 0.6) is 5.88 Å². The molecule has 0 aliphatic rings. The Hall–Kier alpha value is -1.99. The van der Waals surface area contributed by atoms with E-state index in [1.54, 1.807) is 5.32 Å². The van der Waals surface area contributed by atoms with E-state index in [9.17, 15) is 18.0 Å². The average molecular weight is 236 g/mol. The van der Waals surface area contributed by atoms with E-state index < -0.39 is 23.7 Å². The molecule has 8 heteroatoms. The highest BCUT2D eigenvalue weighted by Gasteiger charge is 2.35. The molecule has 1 heterocycles. The van der Waals surface area contributed by atoms with Gasteiger partial charge in [0, 0.05) is 0 Å². The fourth-order valence-electron chi connectivity index (χ4n) is 1.01. The number of anilines is 1. The standard InChI is InChI=1S/C8H7F3N2O3/c1-16-6-5(8(9,10)11)2-4(3-12-6)13-7(14)15/h2-3,13H,1H3,(H,14,15). The lowest BCUT2D eigenvalue weighted by Crippen LogP contribution is -2.12. The highest BCUT2D eigenvalue weighted by atomic mass is 19.4. The van der Waals surface area contributed by atoms with E-state index in [1.165, 1.54) is 0 Å². The molecule has 5 nitrogen and oxygen atoms in total. The molecule has 1 rings (SSSR count). The SMILES string of the molecule is COc1ncc(NC(=O)O)cc1C(F)(F)F. The summed E-state index contributed by atoms with van der Waals surface area (Å²) in [4.78, 5) is 13.6. The van der Waals surface area contributed by atoms with Crippen molar-refractivity contribution in [2.24, 2.45) is 0 Å². The predicted molar refractivity (Wildman–Crippen MR) is 47.4 cm³/mol. The molecule has 16 heavy (non-hydrogen) atoms. The number of pyridine rings is 1. The minimum atomic E-state index is -4.66.